The number of nitriles is 2. The molecule has 0 saturated carbocycles. The topological polar surface area (TPSA) is 113 Å². The summed E-state index contributed by atoms with van der Waals surface area (Å²) in [5.41, 5.74) is 7.38. The smallest absolute Gasteiger partial charge is 0.316 e. The number of rotatable bonds is 5. The number of nitrogens with zero attached hydrogens (tertiary/aromatic N) is 3. The van der Waals surface area contributed by atoms with E-state index in [9.17, 15) is 15.3 Å². The number of nitrogens with two attached hydrogens (primary N) is 1. The van der Waals surface area contributed by atoms with Crippen molar-refractivity contribution in [3.8, 4) is 23.3 Å². The second-order valence-corrected chi connectivity index (χ2v) is 5.57. The van der Waals surface area contributed by atoms with E-state index in [-0.39, 0.29) is 29.3 Å². The maximum atomic E-state index is 11.5. The Hall–Kier alpha value is -3.03. The molecule has 1 aromatic carbocycles. The first kappa shape index (κ1) is 17.3. The van der Waals surface area contributed by atoms with Gasteiger partial charge in [-0.1, -0.05) is 42.1 Å². The van der Waals surface area contributed by atoms with Crippen LogP contribution in [-0.2, 0) is 9.53 Å². The quantitative estimate of drug-likeness (QED) is 0.658. The molecule has 0 bridgehead atoms. The van der Waals surface area contributed by atoms with Gasteiger partial charge in [0.05, 0.1) is 17.9 Å². The molecule has 1 heterocycles. The fraction of sp³-hybridized carbons (Fsp3) is 0.176. The average Bonchev–Trinajstić information content (AvgIpc) is 2.60. The lowest BCUT2D eigenvalue weighted by Gasteiger charge is -2.12. The first-order valence-corrected chi connectivity index (χ1v) is 8.08. The summed E-state index contributed by atoms with van der Waals surface area (Å²) in [7, 11) is 0. The standard InChI is InChI=1S/C17H14N4O2S/c1-2-23-14(22)10-24-17-13(9-19)15(11-6-4-3-5-7-11)12(8-18)16(20)21-17/h3-7H,2,10H2,1H3,(H2,20,21). The monoisotopic (exact) mass is 338 g/mol. The van der Waals surface area contributed by atoms with E-state index in [0.29, 0.717) is 16.2 Å². The summed E-state index contributed by atoms with van der Waals surface area (Å²) in [6.07, 6.45) is 0. The molecule has 0 fully saturated rings. The van der Waals surface area contributed by atoms with Crippen LogP contribution >= 0.6 is 11.8 Å². The molecule has 0 aliphatic heterocycles. The minimum absolute atomic E-state index is 0.00902. The highest BCUT2D eigenvalue weighted by atomic mass is 32.2. The Bertz CT molecular complexity index is 838. The second kappa shape index (κ2) is 8.00. The van der Waals surface area contributed by atoms with Crippen LogP contribution in [0.2, 0.25) is 0 Å². The summed E-state index contributed by atoms with van der Waals surface area (Å²) in [5.74, 6) is -0.367. The fourth-order valence-electron chi connectivity index (χ4n) is 2.13. The van der Waals surface area contributed by atoms with Gasteiger partial charge < -0.3 is 10.5 Å². The zero-order valence-electron chi connectivity index (χ0n) is 12.9. The minimum Gasteiger partial charge on any atom is -0.465 e. The molecule has 0 aliphatic rings. The predicted molar refractivity (Wildman–Crippen MR) is 90.9 cm³/mol. The maximum Gasteiger partial charge on any atom is 0.316 e. The molecule has 2 rings (SSSR count). The Balaban J connectivity index is 2.55. The van der Waals surface area contributed by atoms with Crippen molar-refractivity contribution in [1.82, 2.24) is 4.98 Å². The Labute approximate surface area is 143 Å². The predicted octanol–water partition coefficient (Wildman–Crippen LogP) is 2.73. The van der Waals surface area contributed by atoms with Gasteiger partial charge in [-0.05, 0) is 12.5 Å². The van der Waals surface area contributed by atoms with Crippen LogP contribution < -0.4 is 5.73 Å². The number of benzene rings is 1. The van der Waals surface area contributed by atoms with E-state index in [2.05, 4.69) is 11.1 Å². The molecule has 0 saturated heterocycles. The summed E-state index contributed by atoms with van der Waals surface area (Å²) in [6.45, 7) is 2.00. The zero-order valence-corrected chi connectivity index (χ0v) is 13.8. The third kappa shape index (κ3) is 3.65. The number of nitrogen functional groups attached to an aromatic ring is 1. The number of anilines is 1. The van der Waals surface area contributed by atoms with Crippen molar-refractivity contribution in [1.29, 1.82) is 10.5 Å². The van der Waals surface area contributed by atoms with Gasteiger partial charge in [0.1, 0.15) is 28.5 Å². The summed E-state index contributed by atoms with van der Waals surface area (Å²) in [6, 6.07) is 13.1. The number of esters is 1. The lowest BCUT2D eigenvalue weighted by molar-refractivity contribution is -0.139. The minimum atomic E-state index is -0.405. The van der Waals surface area contributed by atoms with Crippen LogP contribution in [0.3, 0.4) is 0 Å². The fourth-order valence-corrected chi connectivity index (χ4v) is 2.92. The van der Waals surface area contributed by atoms with Crippen LogP contribution in [0.25, 0.3) is 11.1 Å². The lowest BCUT2D eigenvalue weighted by atomic mass is 9.97. The lowest BCUT2D eigenvalue weighted by Crippen LogP contribution is -2.08. The Morgan fingerprint density at radius 2 is 1.92 bits per heavy atom. The van der Waals surface area contributed by atoms with Gasteiger partial charge in [0.25, 0.3) is 0 Å². The molecule has 0 unspecified atom stereocenters. The van der Waals surface area contributed by atoms with Crippen LogP contribution in [0, 0.1) is 22.7 Å². The molecule has 0 radical (unpaired) electrons. The Morgan fingerprint density at radius 3 is 2.50 bits per heavy atom. The number of thioether (sulfide) groups is 1. The van der Waals surface area contributed by atoms with Gasteiger partial charge in [0.2, 0.25) is 0 Å². The number of pyridine rings is 1. The maximum absolute atomic E-state index is 11.5. The molecule has 0 amide bonds. The number of carbonyl (C=O) groups excluding carboxylic acids is 1. The molecule has 0 spiro atoms. The van der Waals surface area contributed by atoms with Gasteiger partial charge in [-0.2, -0.15) is 10.5 Å². The van der Waals surface area contributed by atoms with E-state index in [1.165, 1.54) is 0 Å². The zero-order chi connectivity index (χ0) is 17.5. The molecule has 7 heteroatoms. The van der Waals surface area contributed by atoms with Crippen LogP contribution in [0.1, 0.15) is 18.1 Å². The SMILES string of the molecule is CCOC(=O)CSc1nc(N)c(C#N)c(-c2ccccc2)c1C#N. The highest BCUT2D eigenvalue weighted by Gasteiger charge is 2.21. The van der Waals surface area contributed by atoms with Gasteiger partial charge in [-0.3, -0.25) is 4.79 Å². The summed E-state index contributed by atoms with van der Waals surface area (Å²) in [5, 5.41) is 19.3. The largest absolute Gasteiger partial charge is 0.465 e. The number of carbonyl (C=O) groups is 1. The number of aromatic nitrogens is 1. The molecular formula is C17H14N4O2S. The van der Waals surface area contributed by atoms with Gasteiger partial charge in [0, 0.05) is 5.56 Å². The van der Waals surface area contributed by atoms with Crippen LogP contribution in [-0.4, -0.2) is 23.3 Å². The van der Waals surface area contributed by atoms with Crippen molar-refractivity contribution in [3.63, 3.8) is 0 Å². The van der Waals surface area contributed by atoms with Crippen molar-refractivity contribution in [3.05, 3.63) is 41.5 Å². The van der Waals surface area contributed by atoms with Crippen LogP contribution in [0.15, 0.2) is 35.4 Å². The number of hydrogen-bond donors (Lipinski definition) is 1. The average molecular weight is 338 g/mol. The Kier molecular flexibility index (Phi) is 5.78. The molecule has 2 N–H and O–H groups in total. The third-order valence-electron chi connectivity index (χ3n) is 3.11. The highest BCUT2D eigenvalue weighted by molar-refractivity contribution is 7.99. The van der Waals surface area contributed by atoms with Gasteiger partial charge in [0.15, 0.2) is 0 Å². The van der Waals surface area contributed by atoms with Gasteiger partial charge in [-0.25, -0.2) is 4.98 Å². The molecule has 120 valence electrons. The van der Waals surface area contributed by atoms with Crippen molar-refractivity contribution >= 4 is 23.5 Å². The van der Waals surface area contributed by atoms with Crippen molar-refractivity contribution in [2.45, 2.75) is 11.9 Å². The molecule has 24 heavy (non-hydrogen) atoms. The Morgan fingerprint density at radius 1 is 1.25 bits per heavy atom. The van der Waals surface area contributed by atoms with E-state index < -0.39 is 5.97 Å². The third-order valence-corrected chi connectivity index (χ3v) is 4.06. The molecule has 6 nitrogen and oxygen atoms in total. The first-order chi connectivity index (χ1) is 11.6. The number of hydrogen-bond acceptors (Lipinski definition) is 7. The summed E-state index contributed by atoms with van der Waals surface area (Å²) >= 11 is 1.06. The van der Waals surface area contributed by atoms with E-state index in [1.54, 1.807) is 31.2 Å². The summed E-state index contributed by atoms with van der Waals surface area (Å²) < 4.78 is 4.87. The molecule has 2 aromatic rings. The second-order valence-electron chi connectivity index (χ2n) is 4.61. The molecule has 0 aliphatic carbocycles. The van der Waals surface area contributed by atoms with E-state index in [4.69, 9.17) is 10.5 Å². The molecular weight excluding hydrogens is 324 g/mol. The van der Waals surface area contributed by atoms with Crippen molar-refractivity contribution in [2.75, 3.05) is 18.1 Å². The van der Waals surface area contributed by atoms with E-state index in [0.717, 1.165) is 11.8 Å². The summed E-state index contributed by atoms with van der Waals surface area (Å²) in [4.78, 5) is 15.7. The normalized spacial score (nSPS) is 9.79. The van der Waals surface area contributed by atoms with Crippen LogP contribution in [0.4, 0.5) is 5.82 Å². The van der Waals surface area contributed by atoms with Gasteiger partial charge in [-0.15, -0.1) is 0 Å². The number of ether oxygens (including phenoxy) is 1. The molecule has 0 atom stereocenters. The first-order valence-electron chi connectivity index (χ1n) is 7.09. The van der Waals surface area contributed by atoms with E-state index >= 15 is 0 Å². The van der Waals surface area contributed by atoms with Crippen LogP contribution in [0.5, 0.6) is 0 Å². The highest BCUT2D eigenvalue weighted by Crippen LogP contribution is 2.35. The van der Waals surface area contributed by atoms with Crippen molar-refractivity contribution in [2.24, 2.45) is 0 Å². The van der Waals surface area contributed by atoms with E-state index in [1.807, 2.05) is 12.1 Å². The molecule has 1 aromatic heterocycles. The van der Waals surface area contributed by atoms with Crippen molar-refractivity contribution < 1.29 is 9.53 Å². The van der Waals surface area contributed by atoms with Gasteiger partial charge >= 0.3 is 5.97 Å².